The molecule has 2 atom stereocenters. The molecule has 1 aromatic heterocycles. The molecule has 0 fully saturated rings. The lowest BCUT2D eigenvalue weighted by Gasteiger charge is -2.31. The van der Waals surface area contributed by atoms with Crippen LogP contribution in [-0.2, 0) is 11.2 Å². The van der Waals surface area contributed by atoms with Gasteiger partial charge >= 0.3 is 0 Å². The van der Waals surface area contributed by atoms with Gasteiger partial charge in [0.25, 0.3) is 6.43 Å². The van der Waals surface area contributed by atoms with Crippen LogP contribution in [0, 0.1) is 0 Å². The molecule has 0 unspecified atom stereocenters. The fourth-order valence-corrected chi connectivity index (χ4v) is 3.53. The summed E-state index contributed by atoms with van der Waals surface area (Å²) >= 11 is 1.69. The zero-order valence-electron chi connectivity index (χ0n) is 15.0. The molecular formula is C20H25F2NO2S. The third-order valence-electron chi connectivity index (χ3n) is 4.45. The Balaban J connectivity index is 1.87. The van der Waals surface area contributed by atoms with Gasteiger partial charge < -0.3 is 10.4 Å². The highest BCUT2D eigenvalue weighted by molar-refractivity contribution is 7.13. The summed E-state index contributed by atoms with van der Waals surface area (Å²) in [6, 6.07) is 11.1. The molecule has 2 N–H and O–H groups in total. The molecule has 0 bridgehead atoms. The summed E-state index contributed by atoms with van der Waals surface area (Å²) in [5, 5.41) is 14.8. The van der Waals surface area contributed by atoms with Gasteiger partial charge in [-0.25, -0.2) is 8.78 Å². The number of hydrogen-bond donors (Lipinski definition) is 2. The second kappa shape index (κ2) is 9.35. The van der Waals surface area contributed by atoms with E-state index < -0.39 is 23.9 Å². The molecule has 2 aromatic rings. The highest BCUT2D eigenvalue weighted by Gasteiger charge is 2.43. The number of alkyl halides is 2. The number of carbonyl (C=O) groups excluding carboxylic acids is 1. The smallest absolute Gasteiger partial charge is 0.268 e. The van der Waals surface area contributed by atoms with E-state index in [2.05, 4.69) is 35.6 Å². The topological polar surface area (TPSA) is 49.3 Å². The summed E-state index contributed by atoms with van der Waals surface area (Å²) in [5.41, 5.74) is -0.0512. The quantitative estimate of drug-likeness (QED) is 0.603. The lowest BCUT2D eigenvalue weighted by molar-refractivity contribution is -0.141. The van der Waals surface area contributed by atoms with E-state index in [1.807, 2.05) is 11.4 Å². The predicted molar refractivity (Wildman–Crippen MR) is 102 cm³/mol. The third-order valence-corrected chi connectivity index (χ3v) is 5.37. The molecule has 0 saturated carbocycles. The Labute approximate surface area is 157 Å². The fraction of sp³-hybridized carbons (Fsp3) is 0.450. The maximum absolute atomic E-state index is 13.0. The largest absolute Gasteiger partial charge is 0.382 e. The van der Waals surface area contributed by atoms with Gasteiger partial charge in [0.05, 0.1) is 0 Å². The van der Waals surface area contributed by atoms with Gasteiger partial charge in [-0.1, -0.05) is 37.3 Å². The van der Waals surface area contributed by atoms with E-state index in [-0.39, 0.29) is 6.42 Å². The highest BCUT2D eigenvalue weighted by atomic mass is 32.1. The van der Waals surface area contributed by atoms with Crippen molar-refractivity contribution in [1.82, 2.24) is 5.32 Å². The van der Waals surface area contributed by atoms with E-state index in [1.165, 1.54) is 10.4 Å². The van der Waals surface area contributed by atoms with Crippen LogP contribution in [0.1, 0.15) is 32.3 Å². The Morgan fingerprint density at radius 3 is 2.50 bits per heavy atom. The maximum Gasteiger partial charge on any atom is 0.268 e. The minimum absolute atomic E-state index is 0.102. The van der Waals surface area contributed by atoms with Crippen molar-refractivity contribution in [3.05, 3.63) is 47.3 Å². The number of thiophene rings is 1. The number of rotatable bonds is 10. The molecule has 1 heterocycles. The van der Waals surface area contributed by atoms with Crippen LogP contribution in [0.25, 0.3) is 10.4 Å². The fourth-order valence-electron chi connectivity index (χ4n) is 2.79. The number of aryl methyl sites for hydroxylation is 1. The van der Waals surface area contributed by atoms with Crippen molar-refractivity contribution < 1.29 is 18.7 Å². The number of hydrogen-bond acceptors (Lipinski definition) is 4. The normalized spacial score (nSPS) is 15.0. The number of ketones is 1. The predicted octanol–water partition coefficient (Wildman–Crippen LogP) is 4.30. The Bertz CT molecular complexity index is 684. The number of aliphatic hydroxyl groups is 1. The second-order valence-electron chi connectivity index (χ2n) is 6.51. The van der Waals surface area contributed by atoms with Gasteiger partial charge in [-0.05, 0) is 48.9 Å². The van der Waals surface area contributed by atoms with Crippen molar-refractivity contribution in [2.24, 2.45) is 0 Å². The zero-order chi connectivity index (χ0) is 19.2. The van der Waals surface area contributed by atoms with Crippen LogP contribution in [0.3, 0.4) is 0 Å². The average molecular weight is 381 g/mol. The maximum atomic E-state index is 13.0. The number of benzene rings is 1. The molecule has 2 rings (SSSR count). The minimum Gasteiger partial charge on any atom is -0.382 e. The highest BCUT2D eigenvalue weighted by Crippen LogP contribution is 2.25. The van der Waals surface area contributed by atoms with Crippen LogP contribution in [0.5, 0.6) is 0 Å². The van der Waals surface area contributed by atoms with Crippen LogP contribution >= 0.6 is 11.3 Å². The summed E-state index contributed by atoms with van der Waals surface area (Å²) in [6.07, 6.45) is -1.43. The number of Topliss-reactive ketones (excluding diaryl/α,β-unsaturated/α-hetero) is 1. The average Bonchev–Trinajstić information content (AvgIpc) is 3.16. The molecule has 0 aliphatic carbocycles. The van der Waals surface area contributed by atoms with Crippen LogP contribution in [0.15, 0.2) is 41.8 Å². The standard InChI is InChI=1S/C20H25F2NO2S/c1-3-16(24)18(20(2,25)19(21)22)23-12-4-6-14-8-10-15(11-9-14)17-7-5-13-26-17/h5,7-11,13,18-19,23,25H,3-4,6,12H2,1-2H3/t18-,20+/m1/s1. The van der Waals surface area contributed by atoms with Gasteiger partial charge in [-0.3, -0.25) is 4.79 Å². The van der Waals surface area contributed by atoms with Crippen molar-refractivity contribution in [3.63, 3.8) is 0 Å². The van der Waals surface area contributed by atoms with E-state index in [4.69, 9.17) is 0 Å². The first kappa shape index (κ1) is 20.7. The molecule has 3 nitrogen and oxygen atoms in total. The van der Waals surface area contributed by atoms with Gasteiger partial charge in [0, 0.05) is 11.3 Å². The third kappa shape index (κ3) is 5.19. The molecule has 0 aliphatic rings. The van der Waals surface area contributed by atoms with Gasteiger partial charge in [0.15, 0.2) is 5.78 Å². The van der Waals surface area contributed by atoms with Crippen molar-refractivity contribution in [1.29, 1.82) is 0 Å². The van der Waals surface area contributed by atoms with Crippen LogP contribution in [-0.4, -0.2) is 35.5 Å². The lowest BCUT2D eigenvalue weighted by atomic mass is 9.92. The van der Waals surface area contributed by atoms with Crippen LogP contribution < -0.4 is 5.32 Å². The Hall–Kier alpha value is -1.63. The first-order chi connectivity index (χ1) is 12.4. The van der Waals surface area contributed by atoms with Gasteiger partial charge in [-0.15, -0.1) is 11.3 Å². The molecule has 0 aliphatic heterocycles. The van der Waals surface area contributed by atoms with Crippen molar-refractivity contribution in [2.75, 3.05) is 6.54 Å². The molecular weight excluding hydrogens is 356 g/mol. The summed E-state index contributed by atoms with van der Waals surface area (Å²) in [5.74, 6) is -0.407. The molecule has 0 radical (unpaired) electrons. The van der Waals surface area contributed by atoms with E-state index in [1.54, 1.807) is 18.3 Å². The van der Waals surface area contributed by atoms with E-state index in [0.29, 0.717) is 13.0 Å². The summed E-state index contributed by atoms with van der Waals surface area (Å²) in [6.45, 7) is 2.99. The summed E-state index contributed by atoms with van der Waals surface area (Å²) < 4.78 is 26.1. The SMILES string of the molecule is CCC(=O)[C@@H](NCCCc1ccc(-c2cccs2)cc1)[C@](C)(O)C(F)F. The summed E-state index contributed by atoms with van der Waals surface area (Å²) in [4.78, 5) is 13.1. The summed E-state index contributed by atoms with van der Waals surface area (Å²) in [7, 11) is 0. The molecule has 0 spiro atoms. The molecule has 6 heteroatoms. The first-order valence-corrected chi connectivity index (χ1v) is 9.63. The zero-order valence-corrected chi connectivity index (χ0v) is 15.9. The molecule has 0 amide bonds. The number of carbonyl (C=O) groups is 1. The van der Waals surface area contributed by atoms with Crippen molar-refractivity contribution in [3.8, 4) is 10.4 Å². The van der Waals surface area contributed by atoms with Crippen molar-refractivity contribution in [2.45, 2.75) is 51.2 Å². The minimum atomic E-state index is -2.99. The molecule has 142 valence electrons. The van der Waals surface area contributed by atoms with Gasteiger partial charge in [0.1, 0.15) is 11.6 Å². The first-order valence-electron chi connectivity index (χ1n) is 8.75. The molecule has 1 aromatic carbocycles. The van der Waals surface area contributed by atoms with Crippen molar-refractivity contribution >= 4 is 17.1 Å². The Kier molecular flexibility index (Phi) is 7.43. The number of nitrogens with one attached hydrogen (secondary N) is 1. The van der Waals surface area contributed by atoms with E-state index in [0.717, 1.165) is 18.9 Å². The molecule has 0 saturated heterocycles. The Morgan fingerprint density at radius 1 is 1.27 bits per heavy atom. The monoisotopic (exact) mass is 381 g/mol. The Morgan fingerprint density at radius 2 is 1.96 bits per heavy atom. The van der Waals surface area contributed by atoms with E-state index >= 15 is 0 Å². The van der Waals surface area contributed by atoms with Crippen LogP contribution in [0.2, 0.25) is 0 Å². The number of halogens is 2. The van der Waals surface area contributed by atoms with Gasteiger partial charge in [-0.2, -0.15) is 0 Å². The lowest BCUT2D eigenvalue weighted by Crippen LogP contribution is -2.57. The second-order valence-corrected chi connectivity index (χ2v) is 7.46. The molecule has 26 heavy (non-hydrogen) atoms. The van der Waals surface area contributed by atoms with Crippen LogP contribution in [0.4, 0.5) is 8.78 Å². The van der Waals surface area contributed by atoms with Gasteiger partial charge in [0.2, 0.25) is 0 Å². The van der Waals surface area contributed by atoms with E-state index in [9.17, 15) is 18.7 Å².